The zero-order valence-corrected chi connectivity index (χ0v) is 9.15. The Labute approximate surface area is 99.7 Å². The van der Waals surface area contributed by atoms with Gasteiger partial charge in [-0.15, -0.1) is 0 Å². The van der Waals surface area contributed by atoms with Gasteiger partial charge in [-0.2, -0.15) is 5.10 Å². The van der Waals surface area contributed by atoms with E-state index >= 15 is 0 Å². The number of nitrogens with two attached hydrogens (primary N) is 1. The minimum Gasteiger partial charge on any atom is -0.384 e. The summed E-state index contributed by atoms with van der Waals surface area (Å²) in [6.45, 7) is 0. The van der Waals surface area contributed by atoms with Gasteiger partial charge in [0.2, 0.25) is 0 Å². The van der Waals surface area contributed by atoms with E-state index in [-0.39, 0.29) is 0 Å². The molecule has 3 rings (SSSR count). The van der Waals surface area contributed by atoms with Crippen LogP contribution in [-0.2, 0) is 0 Å². The molecular formula is C11H9N5O2. The topological polar surface area (TPSA) is 120 Å². The Kier molecular flexibility index (Phi) is 2.06. The lowest BCUT2D eigenvalue weighted by molar-refractivity contribution is 1.10. The van der Waals surface area contributed by atoms with Crippen LogP contribution < -0.4 is 16.9 Å². The van der Waals surface area contributed by atoms with Gasteiger partial charge < -0.3 is 15.7 Å². The highest BCUT2D eigenvalue weighted by atomic mass is 16.2. The summed E-state index contributed by atoms with van der Waals surface area (Å²) in [7, 11) is 0. The van der Waals surface area contributed by atoms with Gasteiger partial charge in [0.05, 0.1) is 17.2 Å². The van der Waals surface area contributed by atoms with E-state index in [4.69, 9.17) is 5.73 Å². The fourth-order valence-electron chi connectivity index (χ4n) is 1.81. The van der Waals surface area contributed by atoms with Crippen molar-refractivity contribution < 1.29 is 0 Å². The second kappa shape index (κ2) is 3.59. The summed E-state index contributed by atoms with van der Waals surface area (Å²) in [5, 5.41) is 6.46. The Bertz CT molecular complexity index is 842. The maximum atomic E-state index is 11.3. The average molecular weight is 243 g/mol. The summed E-state index contributed by atoms with van der Waals surface area (Å²) >= 11 is 0. The van der Waals surface area contributed by atoms with Crippen LogP contribution in [0.4, 0.5) is 5.82 Å². The van der Waals surface area contributed by atoms with E-state index in [9.17, 15) is 9.59 Å². The molecule has 7 nitrogen and oxygen atoms in total. The van der Waals surface area contributed by atoms with Gasteiger partial charge in [0.1, 0.15) is 5.82 Å². The van der Waals surface area contributed by atoms with Gasteiger partial charge in [-0.25, -0.2) is 0 Å². The molecule has 1 aromatic carbocycles. The Morgan fingerprint density at radius 2 is 1.78 bits per heavy atom. The lowest BCUT2D eigenvalue weighted by Crippen LogP contribution is -2.28. The first kappa shape index (κ1) is 10.3. The molecule has 0 aliphatic heterocycles. The summed E-state index contributed by atoms with van der Waals surface area (Å²) in [5.74, 6) is 0.445. The number of hydrogen-bond acceptors (Lipinski definition) is 4. The van der Waals surface area contributed by atoms with E-state index in [1.54, 1.807) is 24.4 Å². The van der Waals surface area contributed by atoms with Crippen LogP contribution >= 0.6 is 0 Å². The molecule has 5 N–H and O–H groups in total. The molecule has 0 amide bonds. The number of fused-ring (bicyclic) bond motifs is 1. The third-order valence-corrected chi connectivity index (χ3v) is 2.70. The van der Waals surface area contributed by atoms with Crippen LogP contribution in [0.25, 0.3) is 22.2 Å². The number of nitrogen functional groups attached to an aromatic ring is 1. The fourth-order valence-corrected chi connectivity index (χ4v) is 1.81. The van der Waals surface area contributed by atoms with Crippen LogP contribution in [-0.4, -0.2) is 20.2 Å². The maximum Gasteiger partial charge on any atom is 0.314 e. The molecule has 0 fully saturated rings. The number of nitrogens with one attached hydrogen (secondary N) is 3. The first-order valence-corrected chi connectivity index (χ1v) is 5.21. The smallest absolute Gasteiger partial charge is 0.314 e. The normalized spacial score (nSPS) is 10.9. The molecule has 0 radical (unpaired) electrons. The second-order valence-corrected chi connectivity index (χ2v) is 3.87. The van der Waals surface area contributed by atoms with E-state index in [1.165, 1.54) is 0 Å². The molecule has 7 heteroatoms. The number of H-pyrrole nitrogens is 3. The zero-order valence-electron chi connectivity index (χ0n) is 9.15. The Morgan fingerprint density at radius 1 is 1.06 bits per heavy atom. The van der Waals surface area contributed by atoms with Crippen molar-refractivity contribution in [3.8, 4) is 11.1 Å². The second-order valence-electron chi connectivity index (χ2n) is 3.87. The Hall–Kier alpha value is -2.83. The summed E-state index contributed by atoms with van der Waals surface area (Å²) in [4.78, 5) is 27.4. The highest BCUT2D eigenvalue weighted by Crippen LogP contribution is 2.25. The minimum atomic E-state index is -0.681. The molecule has 2 heterocycles. The van der Waals surface area contributed by atoms with Crippen LogP contribution in [0.3, 0.4) is 0 Å². The highest BCUT2D eigenvalue weighted by molar-refractivity contribution is 5.83. The predicted octanol–water partition coefficient (Wildman–Crippen LogP) is 0.189. The van der Waals surface area contributed by atoms with Crippen molar-refractivity contribution in [1.82, 2.24) is 20.2 Å². The molecule has 0 aliphatic rings. The first-order chi connectivity index (χ1) is 8.65. The van der Waals surface area contributed by atoms with Gasteiger partial charge in [0, 0.05) is 5.56 Å². The zero-order chi connectivity index (χ0) is 12.7. The fraction of sp³-hybridized carbons (Fsp3) is 0. The lowest BCUT2D eigenvalue weighted by atomic mass is 10.1. The monoisotopic (exact) mass is 243 g/mol. The van der Waals surface area contributed by atoms with E-state index in [0.29, 0.717) is 16.9 Å². The van der Waals surface area contributed by atoms with E-state index < -0.39 is 11.1 Å². The van der Waals surface area contributed by atoms with E-state index in [0.717, 1.165) is 11.1 Å². The number of aromatic nitrogens is 4. The molecule has 3 aromatic rings. The Balaban J connectivity index is 2.29. The number of rotatable bonds is 1. The summed E-state index contributed by atoms with van der Waals surface area (Å²) in [6.07, 6.45) is 1.60. The average Bonchev–Trinajstić information content (AvgIpc) is 2.76. The van der Waals surface area contributed by atoms with Crippen LogP contribution in [0.2, 0.25) is 0 Å². The van der Waals surface area contributed by atoms with Crippen molar-refractivity contribution in [2.45, 2.75) is 0 Å². The van der Waals surface area contributed by atoms with Crippen LogP contribution in [0.1, 0.15) is 0 Å². The molecule has 0 unspecified atom stereocenters. The van der Waals surface area contributed by atoms with Gasteiger partial charge in [-0.1, -0.05) is 6.07 Å². The SMILES string of the molecule is Nc1[nH]ncc1-c1ccc2[nH]c(=O)c(=O)[nH]c2c1. The molecule has 0 saturated heterocycles. The molecule has 90 valence electrons. The standard InChI is InChI=1S/C11H9N5O2/c12-9-6(4-13-16-9)5-1-2-7-8(3-5)15-11(18)10(17)14-7/h1-4H,(H,14,17)(H,15,18)(H3,12,13,16). The quantitative estimate of drug-likeness (QED) is 0.456. The van der Waals surface area contributed by atoms with Crippen molar-refractivity contribution >= 4 is 16.9 Å². The summed E-state index contributed by atoms with van der Waals surface area (Å²) in [6, 6.07) is 5.22. The first-order valence-electron chi connectivity index (χ1n) is 5.21. The minimum absolute atomic E-state index is 0.445. The van der Waals surface area contributed by atoms with Gasteiger partial charge in [-0.3, -0.25) is 14.7 Å². The maximum absolute atomic E-state index is 11.3. The number of benzene rings is 1. The van der Waals surface area contributed by atoms with Crippen molar-refractivity contribution in [2.24, 2.45) is 0 Å². The Morgan fingerprint density at radius 3 is 2.44 bits per heavy atom. The van der Waals surface area contributed by atoms with Gasteiger partial charge in [0.25, 0.3) is 0 Å². The number of anilines is 1. The van der Waals surface area contributed by atoms with Crippen LogP contribution in [0.15, 0.2) is 34.0 Å². The molecular weight excluding hydrogens is 234 g/mol. The van der Waals surface area contributed by atoms with Crippen molar-refractivity contribution in [1.29, 1.82) is 0 Å². The predicted molar refractivity (Wildman–Crippen MR) is 67.2 cm³/mol. The van der Waals surface area contributed by atoms with E-state index in [1.807, 2.05) is 0 Å². The summed E-state index contributed by atoms with van der Waals surface area (Å²) in [5.41, 5.74) is 7.02. The highest BCUT2D eigenvalue weighted by Gasteiger charge is 2.06. The molecule has 0 bridgehead atoms. The third-order valence-electron chi connectivity index (χ3n) is 2.70. The largest absolute Gasteiger partial charge is 0.384 e. The lowest BCUT2D eigenvalue weighted by Gasteiger charge is -2.02. The molecule has 2 aromatic heterocycles. The molecule has 0 aliphatic carbocycles. The number of hydrogen-bond donors (Lipinski definition) is 4. The van der Waals surface area contributed by atoms with Gasteiger partial charge >= 0.3 is 11.1 Å². The van der Waals surface area contributed by atoms with Crippen molar-refractivity contribution in [3.05, 3.63) is 45.1 Å². The van der Waals surface area contributed by atoms with Crippen LogP contribution in [0.5, 0.6) is 0 Å². The third kappa shape index (κ3) is 1.49. The molecule has 0 saturated carbocycles. The number of nitrogens with zero attached hydrogens (tertiary/aromatic N) is 1. The van der Waals surface area contributed by atoms with Gasteiger partial charge in [-0.05, 0) is 17.7 Å². The van der Waals surface area contributed by atoms with Crippen LogP contribution in [0, 0.1) is 0 Å². The van der Waals surface area contributed by atoms with E-state index in [2.05, 4.69) is 20.2 Å². The summed E-state index contributed by atoms with van der Waals surface area (Å²) < 4.78 is 0. The molecule has 0 spiro atoms. The van der Waals surface area contributed by atoms with Crippen molar-refractivity contribution in [2.75, 3.05) is 5.73 Å². The molecule has 0 atom stereocenters. The van der Waals surface area contributed by atoms with Gasteiger partial charge in [0.15, 0.2) is 0 Å². The van der Waals surface area contributed by atoms with Crippen molar-refractivity contribution in [3.63, 3.8) is 0 Å². The molecule has 18 heavy (non-hydrogen) atoms. The number of aromatic amines is 3.